The Labute approximate surface area is 191 Å². The Morgan fingerprint density at radius 1 is 1.00 bits per heavy atom. The van der Waals surface area contributed by atoms with Gasteiger partial charge in [-0.3, -0.25) is 5.10 Å². The predicted octanol–water partition coefficient (Wildman–Crippen LogP) is 6.19. The van der Waals surface area contributed by atoms with E-state index >= 15 is 0 Å². The first-order chi connectivity index (χ1) is 15.7. The van der Waals surface area contributed by atoms with Gasteiger partial charge < -0.3 is 16.4 Å². The van der Waals surface area contributed by atoms with Crippen LogP contribution in [0.25, 0.3) is 10.9 Å². The predicted molar refractivity (Wildman–Crippen MR) is 133 cm³/mol. The molecule has 0 unspecified atom stereocenters. The molecule has 0 radical (unpaired) electrons. The van der Waals surface area contributed by atoms with Gasteiger partial charge in [0.15, 0.2) is 5.82 Å². The summed E-state index contributed by atoms with van der Waals surface area (Å²) in [5.41, 5.74) is 9.75. The zero-order valence-electron chi connectivity index (χ0n) is 18.1. The molecule has 32 heavy (non-hydrogen) atoms. The number of anilines is 5. The number of nitrogens with one attached hydrogen (secondary N) is 3. The molecule has 0 saturated heterocycles. The van der Waals surface area contributed by atoms with Crippen molar-refractivity contribution in [2.75, 3.05) is 22.6 Å². The van der Waals surface area contributed by atoms with Crippen LogP contribution >= 0.6 is 11.8 Å². The molecule has 5 N–H and O–H groups in total. The van der Waals surface area contributed by atoms with E-state index in [1.807, 2.05) is 48.7 Å². The third-order valence-corrected chi connectivity index (χ3v) is 6.78. The fraction of sp³-hybridized carbons (Fsp3) is 0.292. The third-order valence-electron chi connectivity index (χ3n) is 5.98. The van der Waals surface area contributed by atoms with Crippen molar-refractivity contribution in [1.29, 1.82) is 0 Å². The smallest absolute Gasteiger partial charge is 0.229 e. The van der Waals surface area contributed by atoms with Gasteiger partial charge in [0.2, 0.25) is 5.95 Å². The highest BCUT2D eigenvalue weighted by Gasteiger charge is 2.18. The highest BCUT2D eigenvalue weighted by molar-refractivity contribution is 7.98. The average molecular weight is 446 g/mol. The lowest BCUT2D eigenvalue weighted by Gasteiger charge is -2.19. The summed E-state index contributed by atoms with van der Waals surface area (Å²) in [4.78, 5) is 10.5. The quantitative estimate of drug-likeness (QED) is 0.207. The first-order valence-corrected chi connectivity index (χ1v) is 12.2. The van der Waals surface area contributed by atoms with Gasteiger partial charge in [-0.1, -0.05) is 31.4 Å². The molecule has 4 aromatic rings. The van der Waals surface area contributed by atoms with Crippen molar-refractivity contribution in [3.05, 3.63) is 54.2 Å². The third kappa shape index (κ3) is 4.36. The normalized spacial score (nSPS) is 14.5. The second kappa shape index (κ2) is 9.08. The molecule has 0 bridgehead atoms. The monoisotopic (exact) mass is 445 g/mol. The number of H-pyrrole nitrogens is 1. The number of nitrogen functional groups attached to an aromatic ring is 1. The molecule has 1 saturated carbocycles. The summed E-state index contributed by atoms with van der Waals surface area (Å²) >= 11 is 1.61. The zero-order chi connectivity index (χ0) is 21.9. The second-order valence-corrected chi connectivity index (χ2v) is 9.01. The maximum atomic E-state index is 6.03. The van der Waals surface area contributed by atoms with Crippen LogP contribution in [0.1, 0.15) is 43.7 Å². The standard InChI is InChI=1S/C24H27N7S/c1-32-21-13-16(11-12-18(21)25)26-24-27-19-10-6-5-9-17(19)23(29-24)28-22-14-20(30-31-22)15-7-3-2-4-8-15/h5-6,9-15H,2-4,7-8,25H2,1H3,(H3,26,27,28,29,30,31). The van der Waals surface area contributed by atoms with Crippen LogP contribution in [0.3, 0.4) is 0 Å². The highest BCUT2D eigenvalue weighted by atomic mass is 32.2. The van der Waals surface area contributed by atoms with Gasteiger partial charge in [0.1, 0.15) is 5.82 Å². The summed E-state index contributed by atoms with van der Waals surface area (Å²) in [5.74, 6) is 2.59. The first-order valence-electron chi connectivity index (χ1n) is 11.0. The fourth-order valence-corrected chi connectivity index (χ4v) is 4.84. The summed E-state index contributed by atoms with van der Waals surface area (Å²) in [6, 6.07) is 15.9. The van der Waals surface area contributed by atoms with E-state index < -0.39 is 0 Å². The number of benzene rings is 2. The van der Waals surface area contributed by atoms with Gasteiger partial charge in [0, 0.05) is 39.3 Å². The molecule has 0 amide bonds. The van der Waals surface area contributed by atoms with Gasteiger partial charge in [0.25, 0.3) is 0 Å². The van der Waals surface area contributed by atoms with E-state index in [-0.39, 0.29) is 0 Å². The number of nitrogens with two attached hydrogens (primary N) is 1. The highest BCUT2D eigenvalue weighted by Crippen LogP contribution is 2.33. The molecule has 0 atom stereocenters. The van der Waals surface area contributed by atoms with Crippen LogP contribution in [0.2, 0.25) is 0 Å². The number of hydrogen-bond acceptors (Lipinski definition) is 7. The molecule has 2 aromatic carbocycles. The number of nitrogens with zero attached hydrogens (tertiary/aromatic N) is 3. The van der Waals surface area contributed by atoms with E-state index in [2.05, 4.69) is 26.9 Å². The van der Waals surface area contributed by atoms with E-state index in [9.17, 15) is 0 Å². The van der Waals surface area contributed by atoms with Crippen molar-refractivity contribution in [1.82, 2.24) is 20.2 Å². The fourth-order valence-electron chi connectivity index (χ4n) is 4.29. The van der Waals surface area contributed by atoms with Gasteiger partial charge in [-0.05, 0) is 49.4 Å². The van der Waals surface area contributed by atoms with Crippen LogP contribution < -0.4 is 16.4 Å². The molecule has 164 valence electrons. The minimum absolute atomic E-state index is 0.520. The molecule has 7 nitrogen and oxygen atoms in total. The van der Waals surface area contributed by atoms with Crippen molar-refractivity contribution >= 4 is 51.6 Å². The zero-order valence-corrected chi connectivity index (χ0v) is 18.9. The Kier molecular flexibility index (Phi) is 5.85. The summed E-state index contributed by atoms with van der Waals surface area (Å²) < 4.78 is 0. The Morgan fingerprint density at radius 2 is 1.84 bits per heavy atom. The topological polar surface area (TPSA) is 105 Å². The Hall–Kier alpha value is -3.26. The van der Waals surface area contributed by atoms with Crippen molar-refractivity contribution < 1.29 is 0 Å². The molecule has 1 fully saturated rings. The van der Waals surface area contributed by atoms with Crippen molar-refractivity contribution in [2.45, 2.75) is 42.9 Å². The van der Waals surface area contributed by atoms with Gasteiger partial charge in [0.05, 0.1) is 5.52 Å². The lowest BCUT2D eigenvalue weighted by Crippen LogP contribution is -2.04. The lowest BCUT2D eigenvalue weighted by molar-refractivity contribution is 0.436. The molecule has 8 heteroatoms. The van der Waals surface area contributed by atoms with Gasteiger partial charge in [-0.25, -0.2) is 4.98 Å². The van der Waals surface area contributed by atoms with E-state index in [0.29, 0.717) is 11.9 Å². The minimum Gasteiger partial charge on any atom is -0.398 e. The number of aromatic amines is 1. The summed E-state index contributed by atoms with van der Waals surface area (Å²) in [6.07, 6.45) is 8.39. The van der Waals surface area contributed by atoms with Crippen LogP contribution in [0.5, 0.6) is 0 Å². The molecule has 1 aliphatic rings. The van der Waals surface area contributed by atoms with E-state index in [1.54, 1.807) is 11.8 Å². The molecule has 2 aromatic heterocycles. The van der Waals surface area contributed by atoms with Crippen molar-refractivity contribution in [2.24, 2.45) is 0 Å². The maximum absolute atomic E-state index is 6.03. The van der Waals surface area contributed by atoms with Crippen molar-refractivity contribution in [3.8, 4) is 0 Å². The molecule has 1 aliphatic carbocycles. The van der Waals surface area contributed by atoms with Crippen LogP contribution in [0.4, 0.5) is 29.0 Å². The Bertz CT molecular complexity index is 1230. The summed E-state index contributed by atoms with van der Waals surface area (Å²) in [5, 5.41) is 15.4. The van der Waals surface area contributed by atoms with Crippen LogP contribution in [0.15, 0.2) is 53.4 Å². The first kappa shape index (κ1) is 20.6. The number of aromatic nitrogens is 4. The van der Waals surface area contributed by atoms with Crippen molar-refractivity contribution in [3.63, 3.8) is 0 Å². The average Bonchev–Trinajstić information content (AvgIpc) is 3.29. The lowest BCUT2D eigenvalue weighted by atomic mass is 9.87. The van der Waals surface area contributed by atoms with E-state index in [0.717, 1.165) is 38.8 Å². The van der Waals surface area contributed by atoms with Crippen LogP contribution in [0, 0.1) is 0 Å². The largest absolute Gasteiger partial charge is 0.398 e. The van der Waals surface area contributed by atoms with Crippen LogP contribution in [-0.2, 0) is 0 Å². The number of hydrogen-bond donors (Lipinski definition) is 4. The summed E-state index contributed by atoms with van der Waals surface area (Å²) in [7, 11) is 0. The second-order valence-electron chi connectivity index (χ2n) is 8.16. The number of rotatable bonds is 6. The molecule has 0 spiro atoms. The minimum atomic E-state index is 0.520. The number of para-hydroxylation sites is 1. The molecular formula is C24H27N7S. The molecule has 5 rings (SSSR count). The Balaban J connectivity index is 1.44. The van der Waals surface area contributed by atoms with E-state index in [1.165, 1.54) is 37.8 Å². The Morgan fingerprint density at radius 3 is 2.69 bits per heavy atom. The van der Waals surface area contributed by atoms with E-state index in [4.69, 9.17) is 15.7 Å². The van der Waals surface area contributed by atoms with Gasteiger partial charge in [-0.2, -0.15) is 10.1 Å². The molecular weight excluding hydrogens is 418 g/mol. The molecule has 0 aliphatic heterocycles. The van der Waals surface area contributed by atoms with Crippen LogP contribution in [-0.4, -0.2) is 26.4 Å². The van der Waals surface area contributed by atoms with Gasteiger partial charge in [-0.15, -0.1) is 11.8 Å². The molecule has 2 heterocycles. The maximum Gasteiger partial charge on any atom is 0.229 e. The number of thioether (sulfide) groups is 1. The van der Waals surface area contributed by atoms with Gasteiger partial charge >= 0.3 is 0 Å². The summed E-state index contributed by atoms with van der Waals surface area (Å²) in [6.45, 7) is 0. The number of fused-ring (bicyclic) bond motifs is 1. The SMILES string of the molecule is CSc1cc(Nc2nc(Nc3cc(C4CCCCC4)[nH]n3)c3ccccc3n2)ccc1N.